The smallest absolute Gasteiger partial charge is 0.0440 e. The van der Waals surface area contributed by atoms with Gasteiger partial charge in [-0.2, -0.15) is 0 Å². The highest BCUT2D eigenvalue weighted by molar-refractivity contribution is 7.23. The zero-order valence-corrected chi connectivity index (χ0v) is 11.0. The van der Waals surface area contributed by atoms with E-state index < -0.39 is 0 Å². The van der Waals surface area contributed by atoms with Crippen molar-refractivity contribution in [1.29, 1.82) is 0 Å². The molecule has 3 aromatic carbocycles. The van der Waals surface area contributed by atoms with Crippen LogP contribution in [0.1, 0.15) is 0 Å². The first kappa shape index (κ1) is 9.76. The van der Waals surface area contributed by atoms with Gasteiger partial charge in [0.1, 0.15) is 0 Å². The molecule has 4 aromatic rings. The molecule has 0 aliphatic heterocycles. The monoisotopic (exact) mass is 258 g/mol. The van der Waals surface area contributed by atoms with Crippen LogP contribution >= 0.6 is 11.3 Å². The molecule has 0 radical (unpaired) electrons. The Morgan fingerprint density at radius 1 is 0.684 bits per heavy atom. The van der Waals surface area contributed by atoms with Gasteiger partial charge in [0, 0.05) is 26.1 Å². The van der Waals surface area contributed by atoms with E-state index in [9.17, 15) is 0 Å². The van der Waals surface area contributed by atoms with E-state index in [0.717, 1.165) is 0 Å². The summed E-state index contributed by atoms with van der Waals surface area (Å²) in [5.41, 5.74) is 4.25. The van der Waals surface area contributed by atoms with Gasteiger partial charge in [-0.05, 0) is 22.4 Å². The fraction of sp³-hybridized carbons (Fsp3) is 0. The molecule has 1 heteroatoms. The van der Waals surface area contributed by atoms with Gasteiger partial charge in [-0.25, -0.2) is 0 Å². The van der Waals surface area contributed by atoms with Crippen LogP contribution in [0.15, 0.2) is 60.7 Å². The van der Waals surface area contributed by atoms with E-state index in [2.05, 4.69) is 60.7 Å². The second kappa shape index (κ2) is 3.25. The third-order valence-electron chi connectivity index (χ3n) is 4.01. The van der Waals surface area contributed by atoms with Gasteiger partial charge in [-0.1, -0.05) is 54.6 Å². The van der Waals surface area contributed by atoms with Crippen molar-refractivity contribution in [2.75, 3.05) is 0 Å². The Morgan fingerprint density at radius 3 is 2.37 bits per heavy atom. The second-order valence-electron chi connectivity index (χ2n) is 5.01. The summed E-state index contributed by atoms with van der Waals surface area (Å²) in [7, 11) is 0. The summed E-state index contributed by atoms with van der Waals surface area (Å²) >= 11 is 1.92. The molecule has 0 saturated heterocycles. The summed E-state index contributed by atoms with van der Waals surface area (Å²) in [5.74, 6) is 0. The van der Waals surface area contributed by atoms with Gasteiger partial charge in [0.25, 0.3) is 0 Å². The molecule has 0 unspecified atom stereocenters. The van der Waals surface area contributed by atoms with Crippen molar-refractivity contribution in [1.82, 2.24) is 0 Å². The maximum absolute atomic E-state index is 2.26. The molecule has 1 heterocycles. The van der Waals surface area contributed by atoms with Crippen LogP contribution in [0, 0.1) is 0 Å². The molecular weight excluding hydrogens is 248 g/mol. The van der Waals surface area contributed by atoms with Crippen LogP contribution in [-0.4, -0.2) is 0 Å². The van der Waals surface area contributed by atoms with Crippen molar-refractivity contribution >= 4 is 32.2 Å². The summed E-state index contributed by atoms with van der Waals surface area (Å²) in [5, 5.41) is 4.17. The van der Waals surface area contributed by atoms with Crippen LogP contribution in [0.5, 0.6) is 0 Å². The van der Waals surface area contributed by atoms with Crippen molar-refractivity contribution in [3.8, 4) is 21.6 Å². The lowest BCUT2D eigenvalue weighted by molar-refractivity contribution is 1.78. The lowest BCUT2D eigenvalue weighted by Gasteiger charge is -2.02. The highest BCUT2D eigenvalue weighted by Crippen LogP contribution is 2.53. The van der Waals surface area contributed by atoms with E-state index >= 15 is 0 Å². The molecule has 1 aliphatic carbocycles. The molecule has 1 aromatic heterocycles. The summed E-state index contributed by atoms with van der Waals surface area (Å²) in [4.78, 5) is 1.44. The van der Waals surface area contributed by atoms with E-state index in [0.29, 0.717) is 0 Å². The molecule has 0 fully saturated rings. The summed E-state index contributed by atoms with van der Waals surface area (Å²) in [6.45, 7) is 0. The minimum atomic E-state index is 1.35. The standard InChI is InChI=1S/C18H10S/c1-2-10-15-12(7-1)17-13-8-3-5-11-6-4-9-14(16(11)13)18(17)19-15/h1-10H. The van der Waals surface area contributed by atoms with E-state index in [1.54, 1.807) is 0 Å². The molecule has 0 amide bonds. The number of rotatable bonds is 0. The SMILES string of the molecule is c1cc2c3c(cccc3c1)-c1c-2sc2ccccc12. The quantitative estimate of drug-likeness (QED) is 0.334. The van der Waals surface area contributed by atoms with Crippen LogP contribution in [0.4, 0.5) is 0 Å². The minimum absolute atomic E-state index is 1.35. The largest absolute Gasteiger partial charge is 0.135 e. The first-order valence-electron chi connectivity index (χ1n) is 6.47. The number of hydrogen-bond acceptors (Lipinski definition) is 1. The van der Waals surface area contributed by atoms with E-state index in [4.69, 9.17) is 0 Å². The maximum Gasteiger partial charge on any atom is 0.0440 e. The van der Waals surface area contributed by atoms with Crippen LogP contribution in [0.25, 0.3) is 42.4 Å². The van der Waals surface area contributed by atoms with Gasteiger partial charge in [-0.15, -0.1) is 11.3 Å². The van der Waals surface area contributed by atoms with E-state index in [-0.39, 0.29) is 0 Å². The van der Waals surface area contributed by atoms with Gasteiger partial charge in [0.2, 0.25) is 0 Å². The third-order valence-corrected chi connectivity index (χ3v) is 5.22. The number of fused-ring (bicyclic) bond motifs is 5. The Labute approximate surface area is 114 Å². The van der Waals surface area contributed by atoms with Crippen molar-refractivity contribution in [3.05, 3.63) is 60.7 Å². The fourth-order valence-corrected chi connectivity index (χ4v) is 4.49. The molecule has 0 spiro atoms. The molecule has 19 heavy (non-hydrogen) atoms. The van der Waals surface area contributed by atoms with Crippen LogP contribution < -0.4 is 0 Å². The third kappa shape index (κ3) is 1.09. The molecule has 0 saturated carbocycles. The topological polar surface area (TPSA) is 0 Å². The van der Waals surface area contributed by atoms with E-state index in [1.807, 2.05) is 11.3 Å². The molecule has 5 rings (SSSR count). The normalized spacial score (nSPS) is 12.2. The van der Waals surface area contributed by atoms with Gasteiger partial charge in [0.05, 0.1) is 0 Å². The predicted octanol–water partition coefficient (Wildman–Crippen LogP) is 5.70. The number of benzene rings is 3. The predicted molar refractivity (Wildman–Crippen MR) is 83.8 cm³/mol. The molecule has 1 aliphatic rings. The molecule has 0 N–H and O–H groups in total. The van der Waals surface area contributed by atoms with Gasteiger partial charge in [-0.3, -0.25) is 0 Å². The van der Waals surface area contributed by atoms with Crippen LogP contribution in [0.2, 0.25) is 0 Å². The Bertz CT molecular complexity index is 955. The first-order valence-corrected chi connectivity index (χ1v) is 7.29. The molecular formula is C18H10S. The van der Waals surface area contributed by atoms with Crippen LogP contribution in [0.3, 0.4) is 0 Å². The second-order valence-corrected chi connectivity index (χ2v) is 6.06. The zero-order chi connectivity index (χ0) is 12.4. The number of thiophene rings is 1. The summed E-state index contributed by atoms with van der Waals surface area (Å²) in [6, 6.07) is 22.0. The first-order chi connectivity index (χ1) is 9.43. The van der Waals surface area contributed by atoms with E-state index in [1.165, 1.54) is 42.4 Å². The molecule has 0 atom stereocenters. The van der Waals surface area contributed by atoms with Gasteiger partial charge in [0.15, 0.2) is 0 Å². The Hall–Kier alpha value is -2.12. The molecule has 0 bridgehead atoms. The van der Waals surface area contributed by atoms with Crippen molar-refractivity contribution in [3.63, 3.8) is 0 Å². The average molecular weight is 258 g/mol. The number of hydrogen-bond donors (Lipinski definition) is 0. The summed E-state index contributed by atoms with van der Waals surface area (Å²) < 4.78 is 1.39. The van der Waals surface area contributed by atoms with Crippen LogP contribution in [-0.2, 0) is 0 Å². The maximum atomic E-state index is 2.26. The minimum Gasteiger partial charge on any atom is -0.135 e. The lowest BCUT2D eigenvalue weighted by atomic mass is 10.0. The fourth-order valence-electron chi connectivity index (χ4n) is 3.24. The molecule has 88 valence electrons. The lowest BCUT2D eigenvalue weighted by Crippen LogP contribution is -1.75. The Morgan fingerprint density at radius 2 is 1.47 bits per heavy atom. The van der Waals surface area contributed by atoms with Crippen molar-refractivity contribution in [2.24, 2.45) is 0 Å². The molecule has 0 nitrogen and oxygen atoms in total. The zero-order valence-electron chi connectivity index (χ0n) is 10.2. The highest BCUT2D eigenvalue weighted by Gasteiger charge is 2.24. The summed E-state index contributed by atoms with van der Waals surface area (Å²) in [6.07, 6.45) is 0. The van der Waals surface area contributed by atoms with Gasteiger partial charge >= 0.3 is 0 Å². The van der Waals surface area contributed by atoms with Gasteiger partial charge < -0.3 is 0 Å². The average Bonchev–Trinajstić information content (AvgIpc) is 2.98. The van der Waals surface area contributed by atoms with Crippen molar-refractivity contribution in [2.45, 2.75) is 0 Å². The Balaban J connectivity index is 2.08. The highest BCUT2D eigenvalue weighted by atomic mass is 32.1. The van der Waals surface area contributed by atoms with Crippen molar-refractivity contribution < 1.29 is 0 Å². The Kier molecular flexibility index (Phi) is 1.67.